The van der Waals surface area contributed by atoms with Gasteiger partial charge in [0.1, 0.15) is 30.0 Å². The number of nitrogens with two attached hydrogens (primary N) is 1. The highest BCUT2D eigenvalue weighted by Gasteiger charge is 2.56. The largest absolute Gasteiger partial charge is 0.490 e. The highest BCUT2D eigenvalue weighted by Crippen LogP contribution is 2.66. The number of anilines is 1. The van der Waals surface area contributed by atoms with Crippen LogP contribution in [0.4, 0.5) is 5.82 Å². The Kier molecular flexibility index (Phi) is 6.91. The van der Waals surface area contributed by atoms with Gasteiger partial charge in [-0.15, -0.1) is 6.42 Å². The monoisotopic (exact) mass is 530 g/mol. The minimum absolute atomic E-state index is 0.103. The number of rotatable bonds is 8. The number of aromatic nitrogens is 3. The van der Waals surface area contributed by atoms with Crippen molar-refractivity contribution < 1.29 is 61.4 Å². The van der Waals surface area contributed by atoms with E-state index in [1.54, 1.807) is 0 Å². The summed E-state index contributed by atoms with van der Waals surface area (Å²) in [5.74, 6) is 2.08. The minimum Gasteiger partial charge on any atom is -0.386 e. The standard InChI is InChI=1S/C13H17N4O13P3/c1-2-13(19)9(18)8(5-27-32(23,24)30-33(25,26)29-31(20,21)22)28-12(13)17-4-3-7-10(14)15-6-16-11(7)17/h1,3-4,6,8-9,12,18-19H,5H2,(H,23,24)(H,25,26)(H2,14,15,16)(H2,20,21,22)/t8?,9?,12?,13-/m1/s1. The summed E-state index contributed by atoms with van der Waals surface area (Å²) in [4.78, 5) is 43.6. The number of ether oxygens (including phenoxy) is 1. The highest BCUT2D eigenvalue weighted by molar-refractivity contribution is 7.66. The molecule has 0 saturated carbocycles. The normalized spacial score (nSPS) is 29.4. The van der Waals surface area contributed by atoms with Crippen molar-refractivity contribution >= 4 is 40.3 Å². The van der Waals surface area contributed by atoms with Crippen LogP contribution in [0.3, 0.4) is 0 Å². The Morgan fingerprint density at radius 1 is 1.21 bits per heavy atom. The van der Waals surface area contributed by atoms with Gasteiger partial charge in [-0.05, 0) is 6.07 Å². The Balaban J connectivity index is 1.79. The van der Waals surface area contributed by atoms with Crippen LogP contribution in [0.15, 0.2) is 18.6 Å². The fourth-order valence-corrected chi connectivity index (χ4v) is 6.02. The van der Waals surface area contributed by atoms with Crippen LogP contribution in [-0.2, 0) is 31.6 Å². The number of phosphoric ester groups is 1. The smallest absolute Gasteiger partial charge is 0.386 e. The third kappa shape index (κ3) is 5.51. The molecule has 0 spiro atoms. The molecular formula is C13H17N4O13P3. The van der Waals surface area contributed by atoms with Gasteiger partial charge in [-0.2, -0.15) is 8.62 Å². The van der Waals surface area contributed by atoms with Gasteiger partial charge in [-0.1, -0.05) is 5.92 Å². The molecule has 182 valence electrons. The second kappa shape index (κ2) is 8.81. The molecule has 1 aliphatic rings. The Bertz CT molecular complexity index is 1240. The van der Waals surface area contributed by atoms with Gasteiger partial charge in [-0.3, -0.25) is 4.52 Å². The van der Waals surface area contributed by atoms with Crippen LogP contribution in [0.2, 0.25) is 0 Å². The molecule has 1 aliphatic heterocycles. The van der Waals surface area contributed by atoms with Gasteiger partial charge >= 0.3 is 23.5 Å². The zero-order valence-corrected chi connectivity index (χ0v) is 18.7. The number of terminal acetylenes is 1. The average Bonchev–Trinajstić information content (AvgIpc) is 3.18. The summed E-state index contributed by atoms with van der Waals surface area (Å²) in [6, 6.07) is 1.48. The van der Waals surface area contributed by atoms with Crippen molar-refractivity contribution in [2.45, 2.75) is 24.0 Å². The summed E-state index contributed by atoms with van der Waals surface area (Å²) in [5, 5.41) is 21.7. The maximum Gasteiger partial charge on any atom is 0.490 e. The van der Waals surface area contributed by atoms with E-state index in [2.05, 4.69) is 23.1 Å². The molecule has 0 aliphatic carbocycles. The molecular weight excluding hydrogens is 513 g/mol. The fourth-order valence-electron chi connectivity index (χ4n) is 2.99. The van der Waals surface area contributed by atoms with Crippen LogP contribution < -0.4 is 5.73 Å². The van der Waals surface area contributed by atoms with Crippen LogP contribution in [0.5, 0.6) is 0 Å². The highest BCUT2D eigenvalue weighted by atomic mass is 31.3. The molecule has 3 heterocycles. The molecule has 5 unspecified atom stereocenters. The minimum atomic E-state index is -5.74. The summed E-state index contributed by atoms with van der Waals surface area (Å²) >= 11 is 0. The first-order chi connectivity index (χ1) is 15.1. The zero-order valence-electron chi connectivity index (χ0n) is 16.1. The first kappa shape index (κ1) is 25.9. The number of aliphatic hydroxyl groups is 2. The van der Waals surface area contributed by atoms with Crippen LogP contribution in [0.25, 0.3) is 11.0 Å². The first-order valence-corrected chi connectivity index (χ1v) is 13.0. The first-order valence-electron chi connectivity index (χ1n) is 8.47. The third-order valence-corrected chi connectivity index (χ3v) is 8.13. The predicted molar refractivity (Wildman–Crippen MR) is 105 cm³/mol. The predicted octanol–water partition coefficient (Wildman–Crippen LogP) is -1.02. The van der Waals surface area contributed by atoms with Crippen molar-refractivity contribution in [1.82, 2.24) is 14.5 Å². The molecule has 33 heavy (non-hydrogen) atoms. The molecule has 1 saturated heterocycles. The fraction of sp³-hybridized carbons (Fsp3) is 0.385. The lowest BCUT2D eigenvalue weighted by atomic mass is 9.95. The molecule has 17 nitrogen and oxygen atoms in total. The molecule has 1 fully saturated rings. The van der Waals surface area contributed by atoms with Crippen LogP contribution in [0, 0.1) is 12.3 Å². The summed E-state index contributed by atoms with van der Waals surface area (Å²) in [7, 11) is -16.8. The number of aliphatic hydroxyl groups excluding tert-OH is 1. The van der Waals surface area contributed by atoms with E-state index in [1.165, 1.54) is 16.8 Å². The molecule has 0 radical (unpaired) electrons. The average molecular weight is 530 g/mol. The van der Waals surface area contributed by atoms with Crippen molar-refractivity contribution in [3.63, 3.8) is 0 Å². The van der Waals surface area contributed by atoms with E-state index < -0.39 is 54.1 Å². The number of phosphoric acid groups is 3. The lowest BCUT2D eigenvalue weighted by Crippen LogP contribution is -2.45. The molecule has 6 atom stereocenters. The second-order valence-electron chi connectivity index (χ2n) is 6.55. The van der Waals surface area contributed by atoms with Crippen molar-refractivity contribution in [1.29, 1.82) is 0 Å². The van der Waals surface area contributed by atoms with Crippen LogP contribution in [0.1, 0.15) is 6.23 Å². The molecule has 0 bridgehead atoms. The summed E-state index contributed by atoms with van der Waals surface area (Å²) in [6.07, 6.45) is 2.86. The lowest BCUT2D eigenvalue weighted by molar-refractivity contribution is -0.0715. The molecule has 2 aromatic heterocycles. The van der Waals surface area contributed by atoms with Gasteiger partial charge in [0.05, 0.1) is 12.0 Å². The SMILES string of the molecule is C#C[C@@]1(O)C(O)C(COP(=O)(O)OP(=O)(O)OP(=O)(O)O)OC1n1ccc2c(N)ncnc21. The van der Waals surface area contributed by atoms with Gasteiger partial charge < -0.3 is 44.8 Å². The lowest BCUT2D eigenvalue weighted by Gasteiger charge is -2.26. The maximum absolute atomic E-state index is 11.9. The van der Waals surface area contributed by atoms with E-state index in [0.29, 0.717) is 5.39 Å². The van der Waals surface area contributed by atoms with E-state index in [0.717, 1.165) is 6.33 Å². The quantitative estimate of drug-likeness (QED) is 0.159. The van der Waals surface area contributed by atoms with Gasteiger partial charge in [-0.25, -0.2) is 23.7 Å². The van der Waals surface area contributed by atoms with Gasteiger partial charge in [0.2, 0.25) is 0 Å². The van der Waals surface area contributed by atoms with Gasteiger partial charge in [0, 0.05) is 6.20 Å². The molecule has 0 amide bonds. The zero-order chi connectivity index (χ0) is 24.8. The molecule has 3 rings (SSSR count). The molecule has 8 N–H and O–H groups in total. The molecule has 2 aromatic rings. The Hall–Kier alpha value is -1.73. The number of nitrogens with zero attached hydrogens (tertiary/aromatic N) is 3. The van der Waals surface area contributed by atoms with E-state index >= 15 is 0 Å². The van der Waals surface area contributed by atoms with Gasteiger partial charge in [0.25, 0.3) is 0 Å². The maximum atomic E-state index is 11.9. The van der Waals surface area contributed by atoms with Crippen LogP contribution >= 0.6 is 23.5 Å². The summed E-state index contributed by atoms with van der Waals surface area (Å²) in [6.45, 7) is -1.04. The van der Waals surface area contributed by atoms with Crippen molar-refractivity contribution in [2.75, 3.05) is 12.3 Å². The van der Waals surface area contributed by atoms with E-state index in [1.807, 2.05) is 5.92 Å². The second-order valence-corrected chi connectivity index (χ2v) is 11.0. The molecule has 20 heteroatoms. The number of nitrogen functional groups attached to an aromatic ring is 1. The number of hydrogen-bond donors (Lipinski definition) is 7. The molecule has 0 aromatic carbocycles. The summed E-state index contributed by atoms with van der Waals surface area (Å²) in [5.41, 5.74) is 3.52. The van der Waals surface area contributed by atoms with E-state index in [-0.39, 0.29) is 11.5 Å². The Morgan fingerprint density at radius 2 is 1.88 bits per heavy atom. The van der Waals surface area contributed by atoms with E-state index in [9.17, 15) is 33.7 Å². The third-order valence-electron chi connectivity index (χ3n) is 4.33. The number of fused-ring (bicyclic) bond motifs is 1. The number of hydrogen-bond acceptors (Lipinski definition) is 12. The van der Waals surface area contributed by atoms with Gasteiger partial charge in [0.15, 0.2) is 11.8 Å². The Labute approximate surface area is 184 Å². The van der Waals surface area contributed by atoms with Crippen LogP contribution in [-0.4, -0.2) is 68.7 Å². The Morgan fingerprint density at radius 3 is 2.48 bits per heavy atom. The van der Waals surface area contributed by atoms with Crippen molar-refractivity contribution in [2.24, 2.45) is 0 Å². The van der Waals surface area contributed by atoms with Crippen molar-refractivity contribution in [3.8, 4) is 12.3 Å². The topological polar surface area (TPSA) is 266 Å². The van der Waals surface area contributed by atoms with E-state index in [4.69, 9.17) is 26.7 Å². The van der Waals surface area contributed by atoms with Crippen molar-refractivity contribution in [3.05, 3.63) is 18.6 Å². The summed E-state index contributed by atoms with van der Waals surface area (Å²) < 4.78 is 52.3.